The van der Waals surface area contributed by atoms with Crippen LogP contribution in [0.15, 0.2) is 60.7 Å². The van der Waals surface area contributed by atoms with Crippen molar-refractivity contribution in [3.8, 4) is 0 Å². The predicted molar refractivity (Wildman–Crippen MR) is 274 cm³/mol. The van der Waals surface area contributed by atoms with Crippen molar-refractivity contribution in [2.45, 2.75) is 151 Å². The largest absolute Gasteiger partial charge is 0.349 e. The Morgan fingerprint density at radius 2 is 1.20 bits per heavy atom. The minimum atomic E-state index is -0.600. The molecule has 3 heterocycles. The van der Waals surface area contributed by atoms with Gasteiger partial charge in [0, 0.05) is 75.6 Å². The van der Waals surface area contributed by atoms with Crippen LogP contribution in [0.2, 0.25) is 0 Å². The summed E-state index contributed by atoms with van der Waals surface area (Å²) in [5.41, 5.74) is 0.908. The van der Waals surface area contributed by atoms with Gasteiger partial charge in [-0.3, -0.25) is 19.4 Å². The van der Waals surface area contributed by atoms with Gasteiger partial charge in [-0.1, -0.05) is 60.7 Å². The van der Waals surface area contributed by atoms with Crippen LogP contribution in [0.1, 0.15) is 129 Å². The van der Waals surface area contributed by atoms with Crippen molar-refractivity contribution in [1.29, 1.82) is 0 Å². The van der Waals surface area contributed by atoms with Crippen LogP contribution < -0.4 is 5.32 Å². The number of nitrogens with one attached hydrogen (secondary N) is 1. The molecule has 0 radical (unpaired) electrons. The number of hydrogen-bond acceptors (Lipinski definition) is 6. The van der Waals surface area contributed by atoms with E-state index in [-0.39, 0.29) is 52.0 Å². The molecule has 4 aliphatic carbocycles. The molecule has 3 saturated heterocycles. The van der Waals surface area contributed by atoms with E-state index in [2.05, 4.69) is 137 Å². The van der Waals surface area contributed by atoms with Gasteiger partial charge in [-0.05, 0) is 168 Å². The smallest absolute Gasteiger partial charge is 0.320 e. The lowest BCUT2D eigenvalue weighted by atomic mass is 9.68. The Balaban J connectivity index is 0.872. The molecule has 2 aromatic carbocycles. The molecule has 12 nitrogen and oxygen atoms in total. The number of halogens is 1. The number of alkyl halides is 1. The van der Waals surface area contributed by atoms with Gasteiger partial charge in [0.2, 0.25) is 11.8 Å². The van der Waals surface area contributed by atoms with Crippen molar-refractivity contribution in [3.63, 3.8) is 0 Å². The molecule has 0 aromatic heterocycles. The molecular weight excluding hydrogens is 884 g/mol. The van der Waals surface area contributed by atoms with Crippen LogP contribution in [0, 0.1) is 23.7 Å². The number of nitrogens with zero attached hydrogens (tertiary/aromatic N) is 7. The molecule has 1 N–H and O–H groups in total. The van der Waals surface area contributed by atoms with E-state index in [1.54, 1.807) is 0 Å². The lowest BCUT2D eigenvalue weighted by Crippen LogP contribution is -2.56. The summed E-state index contributed by atoms with van der Waals surface area (Å²) >= 11 is 5.91. The summed E-state index contributed by atoms with van der Waals surface area (Å²) in [6.45, 7) is 12.9. The SMILES string of the molecule is CN(C)[C@]1(c2ccccc2)CC[C@]2(CC1)CN(CC(C)(C)N1CC(C3CC3CN3C(=O)N(CC(C)(C)NC(=O)CCCCl)C[C@]34CC[C@](c3ccccc3)(N(C)C)CC4)CC1=O)C(=O)N2CC1CC1. The minimum absolute atomic E-state index is 0.0367. The highest BCUT2D eigenvalue weighted by Crippen LogP contribution is 2.55. The second-order valence-electron chi connectivity index (χ2n) is 24.6. The third kappa shape index (κ3) is 9.65. The average Bonchev–Trinajstić information content (AvgIpc) is 4.23. The van der Waals surface area contributed by atoms with E-state index >= 15 is 0 Å². The van der Waals surface area contributed by atoms with Gasteiger partial charge < -0.3 is 29.8 Å². The van der Waals surface area contributed by atoms with E-state index in [0.29, 0.717) is 75.6 Å². The monoisotopic (exact) mass is 967 g/mol. The van der Waals surface area contributed by atoms with E-state index in [4.69, 9.17) is 11.6 Å². The number of urea groups is 2. The third-order valence-electron chi connectivity index (χ3n) is 18.7. The molecule has 13 heteroatoms. The van der Waals surface area contributed by atoms with Gasteiger partial charge in [0.25, 0.3) is 0 Å². The first-order valence-electron chi connectivity index (χ1n) is 26.5. The standard InChI is InChI=1S/C56H83ClN8O4/c1-51(2,58-47(66)20-15-31-57)37-61-39-54(25-29-56(30-26-54,60(7)8)45-18-13-10-14-19-45)65(49(61)68)36-42-32-46(42)43-33-48(67)63(35-43)52(3,4)38-62-40-53(64(50(62)69)34-41-21-22-41)23-27-55(28-24-53,59(5)6)44-16-11-9-12-17-44/h9-14,16-19,41-43,46H,15,20-40H2,1-8H3,(H,58,66)/t42?,43?,46?,53-,54-,55+,56+. The molecule has 3 atom stereocenters. The molecule has 7 fully saturated rings. The predicted octanol–water partition coefficient (Wildman–Crippen LogP) is 8.59. The van der Waals surface area contributed by atoms with Crippen LogP contribution in [-0.2, 0) is 20.7 Å². The third-order valence-corrected chi connectivity index (χ3v) is 18.9. The molecule has 0 bridgehead atoms. The van der Waals surface area contributed by atoms with Gasteiger partial charge in [-0.15, -0.1) is 11.6 Å². The lowest BCUT2D eigenvalue weighted by molar-refractivity contribution is -0.132. The molecule has 2 spiro atoms. The normalized spacial score (nSPS) is 32.0. The summed E-state index contributed by atoms with van der Waals surface area (Å²) in [6, 6.07) is 22.0. The molecule has 4 saturated carbocycles. The van der Waals surface area contributed by atoms with E-state index in [0.717, 1.165) is 70.9 Å². The maximum absolute atomic E-state index is 14.8. The Kier molecular flexibility index (Phi) is 13.8. The summed E-state index contributed by atoms with van der Waals surface area (Å²) in [5.74, 6) is 2.11. The summed E-state index contributed by atoms with van der Waals surface area (Å²) in [7, 11) is 8.79. The molecule has 69 heavy (non-hydrogen) atoms. The number of carbonyl (C=O) groups excluding carboxylic acids is 4. The van der Waals surface area contributed by atoms with Crippen molar-refractivity contribution in [2.24, 2.45) is 23.7 Å². The summed E-state index contributed by atoms with van der Waals surface area (Å²) in [5, 5.41) is 3.20. The average molecular weight is 968 g/mol. The van der Waals surface area contributed by atoms with E-state index in [1.807, 2.05) is 18.7 Å². The van der Waals surface area contributed by atoms with Gasteiger partial charge in [0.1, 0.15) is 0 Å². The van der Waals surface area contributed by atoms with Gasteiger partial charge in [-0.25, -0.2) is 9.59 Å². The molecular formula is C56H83ClN8O4. The van der Waals surface area contributed by atoms with Crippen molar-refractivity contribution in [1.82, 2.24) is 39.6 Å². The summed E-state index contributed by atoms with van der Waals surface area (Å²) < 4.78 is 0. The maximum Gasteiger partial charge on any atom is 0.320 e. The van der Waals surface area contributed by atoms with Crippen LogP contribution in [0.25, 0.3) is 0 Å². The summed E-state index contributed by atoms with van der Waals surface area (Å²) in [4.78, 5) is 72.1. The number of likely N-dealkylation sites (tertiary alicyclic amines) is 1. The van der Waals surface area contributed by atoms with Crippen molar-refractivity contribution in [3.05, 3.63) is 71.8 Å². The first kappa shape index (κ1) is 50.1. The van der Waals surface area contributed by atoms with Crippen molar-refractivity contribution in [2.75, 3.05) is 79.9 Å². The molecule has 3 unspecified atom stereocenters. The second-order valence-corrected chi connectivity index (χ2v) is 25.0. The molecule has 6 amide bonds. The fraction of sp³-hybridized carbons (Fsp3) is 0.714. The zero-order valence-corrected chi connectivity index (χ0v) is 44.0. The highest BCUT2D eigenvalue weighted by atomic mass is 35.5. The highest BCUT2D eigenvalue weighted by Gasteiger charge is 2.60. The Labute approximate surface area is 418 Å². The van der Waals surface area contributed by atoms with Crippen LogP contribution in [0.4, 0.5) is 9.59 Å². The van der Waals surface area contributed by atoms with Crippen LogP contribution in [-0.4, -0.2) is 160 Å². The lowest BCUT2D eigenvalue weighted by Gasteiger charge is -2.51. The van der Waals surface area contributed by atoms with Crippen molar-refractivity contribution < 1.29 is 19.2 Å². The Morgan fingerprint density at radius 1 is 0.710 bits per heavy atom. The Bertz CT molecular complexity index is 2180. The van der Waals surface area contributed by atoms with E-state index < -0.39 is 11.1 Å². The van der Waals surface area contributed by atoms with E-state index in [1.165, 1.54) is 24.0 Å². The van der Waals surface area contributed by atoms with Gasteiger partial charge in [0.15, 0.2) is 0 Å². The molecule has 7 aliphatic rings. The first-order valence-corrected chi connectivity index (χ1v) is 27.1. The molecule has 2 aromatic rings. The maximum atomic E-state index is 14.8. The minimum Gasteiger partial charge on any atom is -0.349 e. The highest BCUT2D eigenvalue weighted by molar-refractivity contribution is 6.17. The van der Waals surface area contributed by atoms with E-state index in [9.17, 15) is 19.2 Å². The second kappa shape index (κ2) is 19.0. The first-order chi connectivity index (χ1) is 32.8. The number of carbonyl (C=O) groups is 4. The Hall–Kier alpha value is -3.87. The van der Waals surface area contributed by atoms with Gasteiger partial charge >= 0.3 is 12.1 Å². The quantitative estimate of drug-likeness (QED) is 0.150. The van der Waals surface area contributed by atoms with Crippen molar-refractivity contribution >= 4 is 35.5 Å². The molecule has 378 valence electrons. The number of benzene rings is 2. The number of rotatable bonds is 18. The van der Waals surface area contributed by atoms with Gasteiger partial charge in [0.05, 0.1) is 22.2 Å². The number of hydrogen-bond donors (Lipinski definition) is 1. The van der Waals surface area contributed by atoms with Gasteiger partial charge in [-0.2, -0.15) is 0 Å². The number of amides is 6. The van der Waals surface area contributed by atoms with Crippen LogP contribution in [0.3, 0.4) is 0 Å². The zero-order chi connectivity index (χ0) is 49.1. The zero-order valence-electron chi connectivity index (χ0n) is 43.3. The summed E-state index contributed by atoms with van der Waals surface area (Å²) in [6.07, 6.45) is 12.5. The van der Waals surface area contributed by atoms with Crippen LogP contribution >= 0.6 is 11.6 Å². The topological polar surface area (TPSA) is 103 Å². The fourth-order valence-electron chi connectivity index (χ4n) is 14.3. The van der Waals surface area contributed by atoms with Crippen LogP contribution in [0.5, 0.6) is 0 Å². The molecule has 3 aliphatic heterocycles. The fourth-order valence-corrected chi connectivity index (χ4v) is 14.5. The Morgan fingerprint density at radius 3 is 1.68 bits per heavy atom. The molecule has 9 rings (SSSR count).